The van der Waals surface area contributed by atoms with Gasteiger partial charge in [0, 0.05) is 17.0 Å². The van der Waals surface area contributed by atoms with Gasteiger partial charge in [0.2, 0.25) is 0 Å². The van der Waals surface area contributed by atoms with E-state index in [1.807, 2.05) is 48.5 Å². The number of carboxylic acid groups (broad SMARTS) is 1. The van der Waals surface area contributed by atoms with Gasteiger partial charge < -0.3 is 14.3 Å². The van der Waals surface area contributed by atoms with E-state index in [0.29, 0.717) is 11.7 Å². The van der Waals surface area contributed by atoms with Crippen LogP contribution in [0, 0.1) is 5.92 Å². The molecule has 1 heterocycles. The van der Waals surface area contributed by atoms with Gasteiger partial charge in [-0.3, -0.25) is 0 Å². The van der Waals surface area contributed by atoms with Crippen LogP contribution in [-0.2, 0) is 11.2 Å². The van der Waals surface area contributed by atoms with Gasteiger partial charge >= 0.3 is 5.97 Å². The molecular formula is C30H29NO4. The molecule has 1 aliphatic rings. The third kappa shape index (κ3) is 5.46. The van der Waals surface area contributed by atoms with Crippen LogP contribution < -0.4 is 4.74 Å². The molecule has 0 radical (unpaired) electrons. The lowest BCUT2D eigenvalue weighted by molar-refractivity contribution is -0.139. The number of oxazole rings is 1. The van der Waals surface area contributed by atoms with Gasteiger partial charge in [0.1, 0.15) is 11.4 Å². The predicted octanol–water partition coefficient (Wildman–Crippen LogP) is 6.99. The summed E-state index contributed by atoms with van der Waals surface area (Å²) in [4.78, 5) is 15.9. The molecule has 5 nitrogen and oxygen atoms in total. The van der Waals surface area contributed by atoms with Gasteiger partial charge in [0.25, 0.3) is 0 Å². The number of ether oxygens (including phenoxy) is 1. The van der Waals surface area contributed by atoms with E-state index in [2.05, 4.69) is 30.3 Å². The maximum Gasteiger partial charge on any atom is 0.341 e. The van der Waals surface area contributed by atoms with Gasteiger partial charge in [-0.2, -0.15) is 0 Å². The summed E-state index contributed by atoms with van der Waals surface area (Å²) in [5.74, 6) is 1.86. The monoisotopic (exact) mass is 467 g/mol. The number of rotatable bonds is 8. The largest absolute Gasteiger partial charge is 0.482 e. The Morgan fingerprint density at radius 2 is 1.63 bits per heavy atom. The zero-order valence-electron chi connectivity index (χ0n) is 19.6. The van der Waals surface area contributed by atoms with Gasteiger partial charge in [-0.1, -0.05) is 85.6 Å². The number of benzene rings is 3. The molecule has 35 heavy (non-hydrogen) atoms. The maximum atomic E-state index is 10.9. The molecule has 0 saturated heterocycles. The lowest BCUT2D eigenvalue weighted by Gasteiger charge is -2.29. The second-order valence-electron chi connectivity index (χ2n) is 9.15. The summed E-state index contributed by atoms with van der Waals surface area (Å²) >= 11 is 0. The smallest absolute Gasteiger partial charge is 0.341 e. The number of carboxylic acids is 1. The van der Waals surface area contributed by atoms with Gasteiger partial charge in [-0.25, -0.2) is 9.78 Å². The normalized spacial score (nSPS) is 17.7. The van der Waals surface area contributed by atoms with Crippen molar-refractivity contribution in [2.24, 2.45) is 5.92 Å². The highest BCUT2D eigenvalue weighted by Crippen LogP contribution is 2.43. The van der Waals surface area contributed by atoms with E-state index in [1.165, 1.54) is 6.42 Å². The Hall–Kier alpha value is -3.86. The minimum Gasteiger partial charge on any atom is -0.482 e. The lowest BCUT2D eigenvalue weighted by atomic mass is 9.76. The van der Waals surface area contributed by atoms with E-state index >= 15 is 0 Å². The van der Waals surface area contributed by atoms with Crippen molar-refractivity contribution >= 4 is 5.97 Å². The summed E-state index contributed by atoms with van der Waals surface area (Å²) in [6.07, 6.45) is 5.37. The fourth-order valence-electron chi connectivity index (χ4n) is 5.06. The molecule has 2 atom stereocenters. The molecule has 1 fully saturated rings. The second kappa shape index (κ2) is 10.6. The Kier molecular flexibility index (Phi) is 6.94. The van der Waals surface area contributed by atoms with Crippen molar-refractivity contribution in [2.75, 3.05) is 6.61 Å². The van der Waals surface area contributed by atoms with Gasteiger partial charge in [-0.15, -0.1) is 0 Å². The Bertz CT molecular complexity index is 1210. The zero-order chi connectivity index (χ0) is 24.0. The van der Waals surface area contributed by atoms with Gasteiger partial charge in [-0.05, 0) is 42.9 Å². The van der Waals surface area contributed by atoms with Crippen LogP contribution in [0.1, 0.15) is 43.1 Å². The van der Waals surface area contributed by atoms with E-state index in [-0.39, 0.29) is 12.5 Å². The molecule has 5 heteroatoms. The topological polar surface area (TPSA) is 72.6 Å². The van der Waals surface area contributed by atoms with Gasteiger partial charge in [0.05, 0.1) is 0 Å². The fourth-order valence-corrected chi connectivity index (χ4v) is 5.06. The number of hydrogen-bond donors (Lipinski definition) is 1. The first kappa shape index (κ1) is 22.9. The van der Waals surface area contributed by atoms with Crippen LogP contribution in [0.5, 0.6) is 5.75 Å². The lowest BCUT2D eigenvalue weighted by Crippen LogP contribution is -2.20. The molecule has 5 rings (SSSR count). The summed E-state index contributed by atoms with van der Waals surface area (Å²) in [6.45, 7) is -0.337. The van der Waals surface area contributed by atoms with Crippen LogP contribution in [0.15, 0.2) is 89.3 Å². The molecule has 0 spiro atoms. The van der Waals surface area contributed by atoms with Crippen molar-refractivity contribution in [3.05, 3.63) is 96.4 Å². The van der Waals surface area contributed by atoms with E-state index < -0.39 is 5.97 Å². The van der Waals surface area contributed by atoms with Crippen molar-refractivity contribution in [1.29, 1.82) is 0 Å². The minimum atomic E-state index is -0.977. The fraction of sp³-hybridized carbons (Fsp3) is 0.267. The first-order valence-electron chi connectivity index (χ1n) is 12.2. The van der Waals surface area contributed by atoms with E-state index in [1.54, 1.807) is 6.07 Å². The van der Waals surface area contributed by atoms with Crippen LogP contribution in [-0.4, -0.2) is 22.7 Å². The van der Waals surface area contributed by atoms with Crippen molar-refractivity contribution in [3.8, 4) is 28.3 Å². The van der Waals surface area contributed by atoms with Crippen molar-refractivity contribution in [3.63, 3.8) is 0 Å². The standard InChI is InChI=1S/C30H29NO4/c32-27(33)20-34-25-16-9-10-21(19-25)18-24-15-7-8-17-26(24)30-31-28(22-11-3-1-4-12-22)29(35-30)23-13-5-2-6-14-23/h1-6,9-14,16,19,24,26H,7-8,15,17-18,20H2,(H,32,33)/t24-,26+/m0/s1. The van der Waals surface area contributed by atoms with Crippen LogP contribution in [0.2, 0.25) is 0 Å². The van der Waals surface area contributed by atoms with Crippen LogP contribution >= 0.6 is 0 Å². The number of aliphatic carboxylic acids is 1. The average molecular weight is 468 g/mol. The molecule has 0 bridgehead atoms. The Morgan fingerprint density at radius 3 is 2.37 bits per heavy atom. The van der Waals surface area contributed by atoms with Crippen LogP contribution in [0.3, 0.4) is 0 Å². The first-order chi connectivity index (χ1) is 17.2. The minimum absolute atomic E-state index is 0.229. The highest BCUT2D eigenvalue weighted by Gasteiger charge is 2.32. The van der Waals surface area contributed by atoms with E-state index in [4.69, 9.17) is 19.2 Å². The average Bonchev–Trinajstić information content (AvgIpc) is 3.34. The molecular weight excluding hydrogens is 438 g/mol. The second-order valence-corrected chi connectivity index (χ2v) is 9.15. The molecule has 0 unspecified atom stereocenters. The van der Waals surface area contributed by atoms with Crippen molar-refractivity contribution in [2.45, 2.75) is 38.0 Å². The molecule has 0 aliphatic heterocycles. The summed E-state index contributed by atoms with van der Waals surface area (Å²) in [6, 6.07) is 28.2. The molecule has 1 saturated carbocycles. The number of hydrogen-bond acceptors (Lipinski definition) is 4. The van der Waals surface area contributed by atoms with E-state index in [9.17, 15) is 4.79 Å². The highest BCUT2D eigenvalue weighted by atomic mass is 16.5. The van der Waals surface area contributed by atoms with E-state index in [0.717, 1.165) is 59.7 Å². The van der Waals surface area contributed by atoms with Crippen molar-refractivity contribution in [1.82, 2.24) is 4.98 Å². The third-order valence-electron chi connectivity index (χ3n) is 6.71. The number of carbonyl (C=O) groups is 1. The molecule has 1 N–H and O–H groups in total. The predicted molar refractivity (Wildman–Crippen MR) is 135 cm³/mol. The molecule has 1 aromatic heterocycles. The Morgan fingerprint density at radius 1 is 0.914 bits per heavy atom. The maximum absolute atomic E-state index is 10.9. The third-order valence-corrected chi connectivity index (χ3v) is 6.71. The molecule has 178 valence electrons. The van der Waals surface area contributed by atoms with Gasteiger partial charge in [0.15, 0.2) is 18.3 Å². The first-order valence-corrected chi connectivity index (χ1v) is 12.2. The zero-order valence-corrected chi connectivity index (χ0v) is 19.6. The van der Waals surface area contributed by atoms with Crippen LogP contribution in [0.25, 0.3) is 22.6 Å². The molecule has 3 aromatic carbocycles. The summed E-state index contributed by atoms with van der Waals surface area (Å²) in [5.41, 5.74) is 4.11. The Labute approximate surface area is 205 Å². The molecule has 0 amide bonds. The SMILES string of the molecule is O=C(O)COc1cccc(C[C@@H]2CCCC[C@H]2c2nc(-c3ccccc3)c(-c3ccccc3)o2)c1. The molecule has 1 aliphatic carbocycles. The number of aromatic nitrogens is 1. The highest BCUT2D eigenvalue weighted by molar-refractivity contribution is 5.76. The summed E-state index contributed by atoms with van der Waals surface area (Å²) in [7, 11) is 0. The van der Waals surface area contributed by atoms with Crippen molar-refractivity contribution < 1.29 is 19.1 Å². The summed E-state index contributed by atoms with van der Waals surface area (Å²) < 4.78 is 11.9. The van der Waals surface area contributed by atoms with Crippen LogP contribution in [0.4, 0.5) is 0 Å². The number of nitrogens with zero attached hydrogens (tertiary/aromatic N) is 1. The molecule has 4 aromatic rings. The quantitative estimate of drug-likeness (QED) is 0.302. The Balaban J connectivity index is 1.45. The summed E-state index contributed by atoms with van der Waals surface area (Å²) in [5, 5.41) is 8.91.